The molecular weight excluding hydrogens is 334 g/mol. The third-order valence-corrected chi connectivity index (χ3v) is 5.12. The summed E-state index contributed by atoms with van der Waals surface area (Å²) in [7, 11) is 0. The van der Waals surface area contributed by atoms with Gasteiger partial charge in [-0.05, 0) is 38.5 Å². The van der Waals surface area contributed by atoms with Gasteiger partial charge in [0, 0.05) is 24.5 Å². The Morgan fingerprint density at radius 3 is 2.83 bits per heavy atom. The second-order valence-electron chi connectivity index (χ2n) is 5.12. The first kappa shape index (κ1) is 17.8. The average molecular weight is 354 g/mol. The number of carbonyl (C=O) groups excluding carboxylic acids is 2. The number of aliphatic imine (C=N–C) groups is 1. The number of nitrogens with one attached hydrogen (secondary N) is 1. The number of rotatable bonds is 5. The number of thioether (sulfide) groups is 1. The van der Waals surface area contributed by atoms with Gasteiger partial charge in [-0.1, -0.05) is 29.4 Å². The van der Waals surface area contributed by atoms with Gasteiger partial charge in [0.25, 0.3) is 0 Å². The molecule has 1 aromatic rings. The third-order valence-electron chi connectivity index (χ3n) is 3.54. The summed E-state index contributed by atoms with van der Waals surface area (Å²) in [5, 5.41) is 3.57. The first-order valence-corrected chi connectivity index (χ1v) is 8.82. The molecule has 0 spiro atoms. The lowest BCUT2D eigenvalue weighted by molar-refractivity contribution is -0.129. The highest BCUT2D eigenvalue weighted by Gasteiger charge is 2.38. The van der Waals surface area contributed by atoms with Crippen molar-refractivity contribution in [2.45, 2.75) is 32.4 Å². The van der Waals surface area contributed by atoms with Gasteiger partial charge in [0.1, 0.15) is 5.25 Å². The molecule has 0 aliphatic carbocycles. The van der Waals surface area contributed by atoms with Crippen molar-refractivity contribution in [2.75, 3.05) is 13.1 Å². The van der Waals surface area contributed by atoms with E-state index in [2.05, 4.69) is 10.3 Å². The Morgan fingerprint density at radius 2 is 2.17 bits per heavy atom. The Bertz CT molecular complexity index is 648. The first-order chi connectivity index (χ1) is 11.0. The quantitative estimate of drug-likeness (QED) is 0.884. The van der Waals surface area contributed by atoms with E-state index in [0.717, 1.165) is 11.3 Å². The minimum absolute atomic E-state index is 0.0674. The molecule has 7 heteroatoms. The molecule has 1 atom stereocenters. The molecule has 0 aromatic heterocycles. The van der Waals surface area contributed by atoms with Crippen LogP contribution in [-0.2, 0) is 9.59 Å². The predicted molar refractivity (Wildman–Crippen MR) is 95.4 cm³/mol. The summed E-state index contributed by atoms with van der Waals surface area (Å²) in [5.74, 6) is -0.184. The van der Waals surface area contributed by atoms with Crippen LogP contribution >= 0.6 is 23.4 Å². The molecule has 1 heterocycles. The van der Waals surface area contributed by atoms with Gasteiger partial charge in [-0.15, -0.1) is 0 Å². The molecule has 2 rings (SSSR count). The predicted octanol–water partition coefficient (Wildman–Crippen LogP) is 3.13. The molecule has 23 heavy (non-hydrogen) atoms. The van der Waals surface area contributed by atoms with Crippen molar-refractivity contribution >= 4 is 46.0 Å². The van der Waals surface area contributed by atoms with Crippen molar-refractivity contribution in [2.24, 2.45) is 4.99 Å². The van der Waals surface area contributed by atoms with E-state index in [0.29, 0.717) is 23.3 Å². The SMILES string of the molecule is CCNC(=O)CC1SC(=Nc2cccc(Cl)c2C)N(CC)C1=O. The highest BCUT2D eigenvalue weighted by atomic mass is 35.5. The number of halogens is 1. The van der Waals surface area contributed by atoms with Gasteiger partial charge in [0.2, 0.25) is 11.8 Å². The Labute approximate surface area is 145 Å². The summed E-state index contributed by atoms with van der Waals surface area (Å²) in [4.78, 5) is 30.4. The van der Waals surface area contributed by atoms with Gasteiger partial charge in [-0.2, -0.15) is 0 Å². The molecule has 0 saturated carbocycles. The van der Waals surface area contributed by atoms with Gasteiger partial charge < -0.3 is 5.32 Å². The largest absolute Gasteiger partial charge is 0.356 e. The van der Waals surface area contributed by atoms with Gasteiger partial charge in [0.05, 0.1) is 5.69 Å². The van der Waals surface area contributed by atoms with E-state index in [-0.39, 0.29) is 18.2 Å². The Morgan fingerprint density at radius 1 is 1.43 bits per heavy atom. The monoisotopic (exact) mass is 353 g/mol. The molecule has 1 aliphatic rings. The lowest BCUT2D eigenvalue weighted by Gasteiger charge is -2.13. The van der Waals surface area contributed by atoms with Crippen molar-refractivity contribution in [3.8, 4) is 0 Å². The number of amidine groups is 1. The van der Waals surface area contributed by atoms with Crippen molar-refractivity contribution < 1.29 is 9.59 Å². The lowest BCUT2D eigenvalue weighted by Crippen LogP contribution is -2.34. The maximum absolute atomic E-state index is 12.4. The minimum Gasteiger partial charge on any atom is -0.356 e. The van der Waals surface area contributed by atoms with Gasteiger partial charge in [-0.3, -0.25) is 14.5 Å². The number of carbonyl (C=O) groups is 2. The van der Waals surface area contributed by atoms with Crippen LogP contribution in [0.25, 0.3) is 0 Å². The molecule has 124 valence electrons. The molecule has 0 radical (unpaired) electrons. The summed E-state index contributed by atoms with van der Waals surface area (Å²) in [6.07, 6.45) is 0.168. The molecule has 1 aromatic carbocycles. The number of nitrogens with zero attached hydrogens (tertiary/aromatic N) is 2. The van der Waals surface area contributed by atoms with Gasteiger partial charge in [-0.25, -0.2) is 4.99 Å². The second kappa shape index (κ2) is 7.84. The summed E-state index contributed by atoms with van der Waals surface area (Å²) in [5.41, 5.74) is 1.61. The summed E-state index contributed by atoms with van der Waals surface area (Å²) < 4.78 is 0. The number of amides is 2. The summed E-state index contributed by atoms with van der Waals surface area (Å²) >= 11 is 7.46. The normalized spacial score (nSPS) is 19.5. The molecule has 1 unspecified atom stereocenters. The van der Waals surface area contributed by atoms with Crippen LogP contribution in [0.4, 0.5) is 5.69 Å². The van der Waals surface area contributed by atoms with E-state index in [9.17, 15) is 9.59 Å². The van der Waals surface area contributed by atoms with Crippen molar-refractivity contribution in [3.63, 3.8) is 0 Å². The van der Waals surface area contributed by atoms with E-state index < -0.39 is 5.25 Å². The van der Waals surface area contributed by atoms with E-state index in [4.69, 9.17) is 11.6 Å². The Hall–Kier alpha value is -1.53. The van der Waals surface area contributed by atoms with Crippen LogP contribution in [-0.4, -0.2) is 40.2 Å². The standard InChI is InChI=1S/C16H20ClN3O2S/c1-4-18-14(21)9-13-15(22)20(5-2)16(23-13)19-12-8-6-7-11(17)10(12)3/h6-8,13H,4-5,9H2,1-3H3,(H,18,21). The smallest absolute Gasteiger partial charge is 0.242 e. The minimum atomic E-state index is -0.417. The van der Waals surface area contributed by atoms with Crippen LogP contribution in [0.2, 0.25) is 5.02 Å². The maximum atomic E-state index is 12.4. The van der Waals surface area contributed by atoms with Crippen LogP contribution in [0.3, 0.4) is 0 Å². The second-order valence-corrected chi connectivity index (χ2v) is 6.70. The Kier molecular flexibility index (Phi) is 6.07. The van der Waals surface area contributed by atoms with Crippen molar-refractivity contribution in [3.05, 3.63) is 28.8 Å². The van der Waals surface area contributed by atoms with Crippen molar-refractivity contribution in [1.29, 1.82) is 0 Å². The molecule has 2 amide bonds. The summed E-state index contributed by atoms with van der Waals surface area (Å²) in [6, 6.07) is 5.51. The molecule has 1 N–H and O–H groups in total. The van der Waals surface area contributed by atoms with E-state index in [1.807, 2.05) is 39.0 Å². The number of hydrogen-bond donors (Lipinski definition) is 1. The third kappa shape index (κ3) is 4.06. The van der Waals surface area contributed by atoms with E-state index in [1.165, 1.54) is 11.8 Å². The average Bonchev–Trinajstić information content (AvgIpc) is 2.79. The molecule has 0 bridgehead atoms. The molecule has 5 nitrogen and oxygen atoms in total. The summed E-state index contributed by atoms with van der Waals surface area (Å²) in [6.45, 7) is 6.73. The number of hydrogen-bond acceptors (Lipinski definition) is 4. The number of benzene rings is 1. The fourth-order valence-electron chi connectivity index (χ4n) is 2.27. The zero-order valence-electron chi connectivity index (χ0n) is 13.4. The highest BCUT2D eigenvalue weighted by molar-refractivity contribution is 8.15. The maximum Gasteiger partial charge on any atom is 0.242 e. The van der Waals surface area contributed by atoms with Crippen molar-refractivity contribution in [1.82, 2.24) is 10.2 Å². The van der Waals surface area contributed by atoms with Gasteiger partial charge in [0.15, 0.2) is 5.17 Å². The molecule has 1 aliphatic heterocycles. The van der Waals surface area contributed by atoms with E-state index >= 15 is 0 Å². The molecule has 1 fully saturated rings. The zero-order chi connectivity index (χ0) is 17.0. The van der Waals surface area contributed by atoms with Crippen LogP contribution in [0.15, 0.2) is 23.2 Å². The van der Waals surface area contributed by atoms with E-state index in [1.54, 1.807) is 4.90 Å². The fraction of sp³-hybridized carbons (Fsp3) is 0.438. The fourth-order valence-corrected chi connectivity index (χ4v) is 3.66. The van der Waals surface area contributed by atoms with Crippen LogP contribution in [0.1, 0.15) is 25.8 Å². The highest BCUT2D eigenvalue weighted by Crippen LogP contribution is 2.33. The lowest BCUT2D eigenvalue weighted by atomic mass is 10.2. The van der Waals surface area contributed by atoms with Crippen LogP contribution < -0.4 is 5.32 Å². The van der Waals surface area contributed by atoms with Gasteiger partial charge >= 0.3 is 0 Å². The zero-order valence-corrected chi connectivity index (χ0v) is 15.0. The Balaban J connectivity index is 2.24. The first-order valence-electron chi connectivity index (χ1n) is 7.56. The topological polar surface area (TPSA) is 61.8 Å². The molecular formula is C16H20ClN3O2S. The van der Waals surface area contributed by atoms with Crippen LogP contribution in [0, 0.1) is 6.92 Å². The molecule has 1 saturated heterocycles. The van der Waals surface area contributed by atoms with Crippen LogP contribution in [0.5, 0.6) is 0 Å².